The molecule has 7 heavy (non-hydrogen) atoms. The lowest BCUT2D eigenvalue weighted by atomic mass is 10.4. The molecule has 0 amide bonds. The van der Waals surface area contributed by atoms with Crippen molar-refractivity contribution < 1.29 is 4.39 Å². The molecule has 0 aliphatic rings. The molecule has 0 rings (SSSR count). The molecule has 44 valence electrons. The van der Waals surface area contributed by atoms with Gasteiger partial charge < -0.3 is 0 Å². The van der Waals surface area contributed by atoms with E-state index in [4.69, 9.17) is 0 Å². The molecule has 0 unspecified atom stereocenters. The van der Waals surface area contributed by atoms with Crippen molar-refractivity contribution >= 4 is 25.3 Å². The number of hydrogen-bond acceptors (Lipinski definition) is 2. The molecule has 0 spiro atoms. The zero-order chi connectivity index (χ0) is 5.91. The number of hydrogen-bond donors (Lipinski definition) is 2. The van der Waals surface area contributed by atoms with E-state index < -0.39 is 4.33 Å². The Morgan fingerprint density at radius 1 is 1.57 bits per heavy atom. The zero-order valence-electron chi connectivity index (χ0n) is 4.19. The van der Waals surface area contributed by atoms with Crippen molar-refractivity contribution in [1.29, 1.82) is 0 Å². The Morgan fingerprint density at radius 2 is 2.00 bits per heavy atom. The van der Waals surface area contributed by atoms with Crippen LogP contribution in [0.3, 0.4) is 0 Å². The minimum absolute atomic E-state index is 0.402. The molecule has 0 heterocycles. The summed E-state index contributed by atoms with van der Waals surface area (Å²) in [6.07, 6.45) is 1.18. The van der Waals surface area contributed by atoms with E-state index in [9.17, 15) is 4.39 Å². The second-order valence-electron chi connectivity index (χ2n) is 1.47. The SMILES string of the molecule is CCCC(F)(S)S. The number of alkyl halides is 1. The van der Waals surface area contributed by atoms with Gasteiger partial charge >= 0.3 is 0 Å². The first kappa shape index (κ1) is 7.63. The highest BCUT2D eigenvalue weighted by Gasteiger charge is 2.14. The molecular weight excluding hydrogens is 131 g/mol. The van der Waals surface area contributed by atoms with Gasteiger partial charge in [0, 0.05) is 0 Å². The third kappa shape index (κ3) is 6.63. The van der Waals surface area contributed by atoms with Crippen molar-refractivity contribution in [2.45, 2.75) is 24.1 Å². The van der Waals surface area contributed by atoms with E-state index in [1.165, 1.54) is 0 Å². The fourth-order valence-electron chi connectivity index (χ4n) is 0.318. The molecule has 0 fully saturated rings. The average Bonchev–Trinajstić information content (AvgIpc) is 1.30. The summed E-state index contributed by atoms with van der Waals surface area (Å²) >= 11 is 7.06. The largest absolute Gasteiger partial charge is 0.220 e. The Morgan fingerprint density at radius 3 is 2.00 bits per heavy atom. The van der Waals surface area contributed by atoms with Crippen LogP contribution in [0.5, 0.6) is 0 Å². The minimum Gasteiger partial charge on any atom is -0.220 e. The van der Waals surface area contributed by atoms with E-state index in [2.05, 4.69) is 25.3 Å². The summed E-state index contributed by atoms with van der Waals surface area (Å²) in [5.74, 6) is 0. The Balaban J connectivity index is 3.15. The van der Waals surface area contributed by atoms with E-state index in [-0.39, 0.29) is 0 Å². The summed E-state index contributed by atoms with van der Waals surface area (Å²) in [5, 5.41) is 0. The van der Waals surface area contributed by atoms with Crippen molar-refractivity contribution in [3.8, 4) is 0 Å². The van der Waals surface area contributed by atoms with Gasteiger partial charge in [0.1, 0.15) is 0 Å². The molecule has 0 radical (unpaired) electrons. The monoisotopic (exact) mass is 140 g/mol. The second-order valence-corrected chi connectivity index (χ2v) is 3.24. The number of thiol groups is 2. The van der Waals surface area contributed by atoms with Crippen LogP contribution < -0.4 is 0 Å². The quantitative estimate of drug-likeness (QED) is 0.426. The highest BCUT2D eigenvalue weighted by molar-refractivity contribution is 8.00. The molecule has 0 saturated carbocycles. The summed E-state index contributed by atoms with van der Waals surface area (Å²) in [7, 11) is 0. The second kappa shape index (κ2) is 2.82. The summed E-state index contributed by atoms with van der Waals surface area (Å²) in [5.41, 5.74) is 0. The lowest BCUT2D eigenvalue weighted by molar-refractivity contribution is 0.392. The van der Waals surface area contributed by atoms with Gasteiger partial charge in [-0.15, -0.1) is 25.3 Å². The van der Waals surface area contributed by atoms with E-state index in [0.29, 0.717) is 6.42 Å². The van der Waals surface area contributed by atoms with Crippen LogP contribution in [0, 0.1) is 0 Å². The fourth-order valence-corrected chi connectivity index (χ4v) is 0.765. The Labute approximate surface area is 54.3 Å². The lowest BCUT2D eigenvalue weighted by Gasteiger charge is -2.07. The summed E-state index contributed by atoms with van der Waals surface area (Å²) in [4.78, 5) is 0. The molecule has 0 N–H and O–H groups in total. The maximum Gasteiger partial charge on any atom is 0.196 e. The van der Waals surface area contributed by atoms with Crippen molar-refractivity contribution in [3.05, 3.63) is 0 Å². The van der Waals surface area contributed by atoms with Gasteiger partial charge in [-0.2, -0.15) is 0 Å². The van der Waals surface area contributed by atoms with Gasteiger partial charge in [-0.1, -0.05) is 13.3 Å². The average molecular weight is 140 g/mol. The third-order valence-electron chi connectivity index (χ3n) is 0.568. The Kier molecular flexibility index (Phi) is 3.08. The summed E-state index contributed by atoms with van der Waals surface area (Å²) in [6, 6.07) is 0. The smallest absolute Gasteiger partial charge is 0.196 e. The van der Waals surface area contributed by atoms with Gasteiger partial charge in [-0.3, -0.25) is 0 Å². The predicted molar refractivity (Wildman–Crippen MR) is 36.7 cm³/mol. The van der Waals surface area contributed by atoms with Gasteiger partial charge in [-0.05, 0) is 6.42 Å². The van der Waals surface area contributed by atoms with Gasteiger partial charge in [0.05, 0.1) is 0 Å². The first-order chi connectivity index (χ1) is 3.06. The van der Waals surface area contributed by atoms with Crippen LogP contribution in [0.4, 0.5) is 4.39 Å². The van der Waals surface area contributed by atoms with Crippen LogP contribution in [0.2, 0.25) is 0 Å². The maximum absolute atomic E-state index is 12.1. The van der Waals surface area contributed by atoms with Crippen molar-refractivity contribution in [2.24, 2.45) is 0 Å². The topological polar surface area (TPSA) is 0 Å². The Bertz CT molecular complexity index is 48.1. The maximum atomic E-state index is 12.1. The Hall–Kier alpha value is 0.630. The normalized spacial score (nSPS) is 12.0. The molecule has 3 heteroatoms. The molecule has 0 nitrogen and oxygen atoms in total. The highest BCUT2D eigenvalue weighted by Crippen LogP contribution is 2.26. The van der Waals surface area contributed by atoms with Crippen molar-refractivity contribution in [2.75, 3.05) is 0 Å². The molecule has 0 bridgehead atoms. The fraction of sp³-hybridized carbons (Fsp3) is 1.00. The van der Waals surface area contributed by atoms with Crippen LogP contribution in [-0.2, 0) is 0 Å². The van der Waals surface area contributed by atoms with Crippen LogP contribution in [0.1, 0.15) is 19.8 Å². The summed E-state index contributed by atoms with van der Waals surface area (Å²) < 4.78 is 10.6. The first-order valence-electron chi connectivity index (χ1n) is 2.20. The van der Waals surface area contributed by atoms with E-state index in [1.54, 1.807) is 0 Å². The van der Waals surface area contributed by atoms with Crippen LogP contribution in [-0.4, -0.2) is 4.33 Å². The van der Waals surface area contributed by atoms with Crippen LogP contribution in [0.15, 0.2) is 0 Å². The highest BCUT2D eigenvalue weighted by atomic mass is 32.2. The predicted octanol–water partition coefficient (Wildman–Crippen LogP) is 2.27. The molecule has 0 saturated heterocycles. The first-order valence-corrected chi connectivity index (χ1v) is 3.09. The van der Waals surface area contributed by atoms with E-state index in [1.807, 2.05) is 6.92 Å². The van der Waals surface area contributed by atoms with Gasteiger partial charge in [0.25, 0.3) is 0 Å². The van der Waals surface area contributed by atoms with E-state index >= 15 is 0 Å². The molecule has 0 aromatic carbocycles. The third-order valence-corrected chi connectivity index (χ3v) is 1.02. The van der Waals surface area contributed by atoms with Gasteiger partial charge in [0.15, 0.2) is 4.33 Å². The molecule has 0 aromatic heterocycles. The lowest BCUT2D eigenvalue weighted by Crippen LogP contribution is -2.01. The molecule has 0 aliphatic heterocycles. The number of halogens is 1. The van der Waals surface area contributed by atoms with E-state index in [0.717, 1.165) is 6.42 Å². The van der Waals surface area contributed by atoms with Crippen molar-refractivity contribution in [3.63, 3.8) is 0 Å². The zero-order valence-corrected chi connectivity index (χ0v) is 5.98. The van der Waals surface area contributed by atoms with Crippen LogP contribution in [0.25, 0.3) is 0 Å². The van der Waals surface area contributed by atoms with Gasteiger partial charge in [-0.25, -0.2) is 4.39 Å². The molecule has 0 aliphatic carbocycles. The van der Waals surface area contributed by atoms with Crippen molar-refractivity contribution in [1.82, 2.24) is 0 Å². The minimum atomic E-state index is -1.56. The molecule has 0 aromatic rings. The summed E-state index contributed by atoms with van der Waals surface area (Å²) in [6.45, 7) is 1.89. The molecular formula is C4H9FS2. The van der Waals surface area contributed by atoms with Crippen LogP contribution >= 0.6 is 25.3 Å². The number of rotatable bonds is 2. The standard InChI is InChI=1S/C4H9FS2/c1-2-3-4(5,6)7/h6-7H,2-3H2,1H3. The van der Waals surface area contributed by atoms with Gasteiger partial charge in [0.2, 0.25) is 0 Å². The molecule has 0 atom stereocenters.